The first-order valence-electron chi connectivity index (χ1n) is 6.90. The molecule has 0 unspecified atom stereocenters. The maximum Gasteiger partial charge on any atom is 0.191 e. The number of nitrogens with one attached hydrogen (secondary N) is 2. The Bertz CT molecular complexity index is 445. The fourth-order valence-corrected chi connectivity index (χ4v) is 2.06. The third-order valence-electron chi connectivity index (χ3n) is 3.11. The minimum atomic E-state index is 0. The summed E-state index contributed by atoms with van der Waals surface area (Å²) in [6, 6.07) is 0.460. The molecule has 0 saturated carbocycles. The van der Waals surface area contributed by atoms with E-state index in [4.69, 9.17) is 0 Å². The Morgan fingerprint density at radius 3 is 2.80 bits per heavy atom. The molecule has 0 amide bonds. The van der Waals surface area contributed by atoms with Crippen LogP contribution in [0.1, 0.15) is 32.5 Å². The van der Waals surface area contributed by atoms with Crippen LogP contribution in [0.5, 0.6) is 0 Å². The molecule has 0 fully saturated rings. The van der Waals surface area contributed by atoms with Gasteiger partial charge in [-0.2, -0.15) is 0 Å². The Kier molecular flexibility index (Phi) is 7.56. The highest BCUT2D eigenvalue weighted by Gasteiger charge is 2.11. The highest BCUT2D eigenvalue weighted by atomic mass is 127. The molecule has 1 aromatic heterocycles. The molecule has 2 N–H and O–H groups in total. The summed E-state index contributed by atoms with van der Waals surface area (Å²) >= 11 is 0. The van der Waals surface area contributed by atoms with Crippen molar-refractivity contribution >= 4 is 29.9 Å². The van der Waals surface area contributed by atoms with Gasteiger partial charge in [-0.3, -0.25) is 0 Å². The van der Waals surface area contributed by atoms with E-state index in [1.165, 1.54) is 0 Å². The second kappa shape index (κ2) is 8.93. The van der Waals surface area contributed by atoms with Crippen molar-refractivity contribution in [1.29, 1.82) is 0 Å². The second-order valence-corrected chi connectivity index (χ2v) is 4.51. The number of hydrogen-bond acceptors (Lipinski definition) is 3. The Labute approximate surface area is 137 Å². The van der Waals surface area contributed by atoms with Gasteiger partial charge in [0.2, 0.25) is 0 Å². The maximum absolute atomic E-state index is 4.57. The first kappa shape index (κ1) is 16.9. The van der Waals surface area contributed by atoms with E-state index in [0.29, 0.717) is 12.6 Å². The van der Waals surface area contributed by atoms with Crippen molar-refractivity contribution < 1.29 is 0 Å². The predicted molar refractivity (Wildman–Crippen MR) is 91.2 cm³/mol. The number of guanidine groups is 1. The number of aryl methyl sites for hydroxylation is 1. The molecule has 0 saturated heterocycles. The average Bonchev–Trinajstić information content (AvgIpc) is 3.07. The monoisotopic (exact) mass is 390 g/mol. The molecule has 112 valence electrons. The van der Waals surface area contributed by atoms with Crippen molar-refractivity contribution in [3.05, 3.63) is 24.3 Å². The zero-order valence-electron chi connectivity index (χ0n) is 12.0. The highest BCUT2D eigenvalue weighted by Crippen LogP contribution is 2.08. The lowest BCUT2D eigenvalue weighted by Crippen LogP contribution is -2.42. The normalized spacial score (nSPS) is 15.2. The first-order valence-corrected chi connectivity index (χ1v) is 6.90. The van der Waals surface area contributed by atoms with Crippen LogP contribution in [0.15, 0.2) is 23.5 Å². The van der Waals surface area contributed by atoms with E-state index in [1.807, 2.05) is 4.57 Å². The fourth-order valence-electron chi connectivity index (χ4n) is 2.06. The lowest BCUT2D eigenvalue weighted by Gasteiger charge is -2.16. The molecule has 1 aromatic rings. The minimum absolute atomic E-state index is 0. The topological polar surface area (TPSA) is 67.1 Å². The summed E-state index contributed by atoms with van der Waals surface area (Å²) in [6.45, 7) is 6.41. The molecular weight excluding hydrogens is 367 g/mol. The largest absolute Gasteiger partial charge is 0.357 e. The van der Waals surface area contributed by atoms with Crippen molar-refractivity contribution in [3.8, 4) is 0 Å². The molecule has 0 aliphatic heterocycles. The van der Waals surface area contributed by atoms with Crippen molar-refractivity contribution in [1.82, 2.24) is 25.4 Å². The third kappa shape index (κ3) is 4.77. The number of nitrogens with zero attached hydrogens (tertiary/aromatic N) is 4. The van der Waals surface area contributed by atoms with Crippen LogP contribution in [0.25, 0.3) is 0 Å². The van der Waals surface area contributed by atoms with Crippen LogP contribution in [0.2, 0.25) is 0 Å². The van der Waals surface area contributed by atoms with Gasteiger partial charge in [0.25, 0.3) is 0 Å². The van der Waals surface area contributed by atoms with Gasteiger partial charge in [-0.05, 0) is 26.7 Å². The molecule has 0 atom stereocenters. The first-order chi connectivity index (χ1) is 9.33. The number of halogens is 1. The Morgan fingerprint density at radius 1 is 1.40 bits per heavy atom. The molecule has 7 heteroatoms. The molecule has 20 heavy (non-hydrogen) atoms. The molecule has 6 nitrogen and oxygen atoms in total. The minimum Gasteiger partial charge on any atom is -0.357 e. The molecule has 0 aromatic carbocycles. The van der Waals surface area contributed by atoms with Gasteiger partial charge < -0.3 is 15.2 Å². The molecule has 0 radical (unpaired) electrons. The highest BCUT2D eigenvalue weighted by molar-refractivity contribution is 14.0. The lowest BCUT2D eigenvalue weighted by atomic mass is 10.2. The van der Waals surface area contributed by atoms with Gasteiger partial charge in [-0.25, -0.2) is 4.99 Å². The van der Waals surface area contributed by atoms with Gasteiger partial charge >= 0.3 is 0 Å². The quantitative estimate of drug-likeness (QED) is 0.348. The van der Waals surface area contributed by atoms with E-state index in [-0.39, 0.29) is 24.0 Å². The van der Waals surface area contributed by atoms with Gasteiger partial charge in [-0.1, -0.05) is 12.2 Å². The number of aliphatic imine (C=N–C) groups is 1. The van der Waals surface area contributed by atoms with Crippen LogP contribution < -0.4 is 10.6 Å². The summed E-state index contributed by atoms with van der Waals surface area (Å²) < 4.78 is 2.00. The zero-order chi connectivity index (χ0) is 13.5. The predicted octanol–water partition coefficient (Wildman–Crippen LogP) is 1.69. The average molecular weight is 390 g/mol. The molecule has 1 heterocycles. The Morgan fingerprint density at radius 2 is 2.15 bits per heavy atom. The van der Waals surface area contributed by atoms with E-state index in [2.05, 4.69) is 51.8 Å². The molecule has 0 bridgehead atoms. The van der Waals surface area contributed by atoms with E-state index in [0.717, 1.165) is 37.7 Å². The van der Waals surface area contributed by atoms with Crippen LogP contribution in [-0.2, 0) is 13.1 Å². The number of rotatable bonds is 5. The van der Waals surface area contributed by atoms with Gasteiger partial charge in [0.15, 0.2) is 11.8 Å². The van der Waals surface area contributed by atoms with Crippen LogP contribution >= 0.6 is 24.0 Å². The SMILES string of the molecule is CCNC(=NCc1nncn1CC)NC1CC=CC1.I. The molecule has 0 spiro atoms. The maximum atomic E-state index is 4.57. The summed E-state index contributed by atoms with van der Waals surface area (Å²) in [7, 11) is 0. The fraction of sp³-hybridized carbons (Fsp3) is 0.615. The zero-order valence-corrected chi connectivity index (χ0v) is 14.4. The third-order valence-corrected chi connectivity index (χ3v) is 3.11. The second-order valence-electron chi connectivity index (χ2n) is 4.51. The Balaban J connectivity index is 0.00000200. The van der Waals surface area contributed by atoms with Crippen molar-refractivity contribution in [3.63, 3.8) is 0 Å². The van der Waals surface area contributed by atoms with Crippen LogP contribution in [0.4, 0.5) is 0 Å². The Hall–Kier alpha value is -1.12. The van der Waals surface area contributed by atoms with E-state index < -0.39 is 0 Å². The molecular formula is C13H23IN6. The summed E-state index contributed by atoms with van der Waals surface area (Å²) in [5.74, 6) is 1.74. The van der Waals surface area contributed by atoms with E-state index >= 15 is 0 Å². The standard InChI is InChI=1S/C13H22N6.HI/c1-3-14-13(17-11-7-5-6-8-11)15-9-12-18-16-10-19(12)4-2;/h5-6,10-11H,3-4,7-9H2,1-2H3,(H2,14,15,17);1H. The van der Waals surface area contributed by atoms with Crippen molar-refractivity contribution in [2.24, 2.45) is 4.99 Å². The summed E-state index contributed by atoms with van der Waals surface area (Å²) in [4.78, 5) is 4.57. The van der Waals surface area contributed by atoms with Gasteiger partial charge in [-0.15, -0.1) is 34.2 Å². The van der Waals surface area contributed by atoms with Crippen LogP contribution in [0.3, 0.4) is 0 Å². The summed E-state index contributed by atoms with van der Waals surface area (Å²) in [5, 5.41) is 14.7. The molecule has 2 rings (SSSR count). The number of hydrogen-bond donors (Lipinski definition) is 2. The molecule has 1 aliphatic carbocycles. The number of aromatic nitrogens is 3. The van der Waals surface area contributed by atoms with E-state index in [9.17, 15) is 0 Å². The van der Waals surface area contributed by atoms with Crippen LogP contribution in [-0.4, -0.2) is 33.3 Å². The smallest absolute Gasteiger partial charge is 0.191 e. The summed E-state index contributed by atoms with van der Waals surface area (Å²) in [6.07, 6.45) is 8.28. The lowest BCUT2D eigenvalue weighted by molar-refractivity contribution is 0.629. The van der Waals surface area contributed by atoms with Gasteiger partial charge in [0, 0.05) is 19.1 Å². The van der Waals surface area contributed by atoms with Crippen molar-refractivity contribution in [2.45, 2.75) is 45.8 Å². The van der Waals surface area contributed by atoms with E-state index in [1.54, 1.807) is 6.33 Å². The van der Waals surface area contributed by atoms with Crippen molar-refractivity contribution in [2.75, 3.05) is 6.54 Å². The molecule has 1 aliphatic rings. The van der Waals surface area contributed by atoms with Gasteiger partial charge in [0.1, 0.15) is 12.9 Å². The van der Waals surface area contributed by atoms with Crippen LogP contribution in [0, 0.1) is 0 Å². The summed E-state index contributed by atoms with van der Waals surface area (Å²) in [5.41, 5.74) is 0. The van der Waals surface area contributed by atoms with Gasteiger partial charge in [0.05, 0.1) is 0 Å².